The molecule has 0 aromatic heterocycles. The Hall–Kier alpha value is -0.970. The highest BCUT2D eigenvalue weighted by Gasteiger charge is 2.11. The van der Waals surface area contributed by atoms with Gasteiger partial charge < -0.3 is 14.6 Å². The summed E-state index contributed by atoms with van der Waals surface area (Å²) in [6.45, 7) is 0.927. The zero-order chi connectivity index (χ0) is 11.1. The van der Waals surface area contributed by atoms with Gasteiger partial charge in [-0.1, -0.05) is 18.2 Å². The van der Waals surface area contributed by atoms with E-state index in [4.69, 9.17) is 9.47 Å². The summed E-state index contributed by atoms with van der Waals surface area (Å²) in [5.41, 5.74) is 0.259. The van der Waals surface area contributed by atoms with Crippen LogP contribution in [0.15, 0.2) is 24.3 Å². The SMILES string of the molecule is COCCOCC(O)c1ccccc1F. The van der Waals surface area contributed by atoms with Gasteiger partial charge in [0, 0.05) is 12.7 Å². The zero-order valence-electron chi connectivity index (χ0n) is 8.65. The molecular formula is C11H15FO3. The molecule has 84 valence electrons. The molecule has 1 rings (SSSR count). The summed E-state index contributed by atoms with van der Waals surface area (Å²) in [7, 11) is 1.57. The molecular weight excluding hydrogens is 199 g/mol. The molecule has 15 heavy (non-hydrogen) atoms. The predicted octanol–water partition coefficient (Wildman–Crippen LogP) is 1.52. The highest BCUT2D eigenvalue weighted by Crippen LogP contribution is 2.16. The van der Waals surface area contributed by atoms with Crippen molar-refractivity contribution in [2.45, 2.75) is 6.10 Å². The smallest absolute Gasteiger partial charge is 0.129 e. The van der Waals surface area contributed by atoms with E-state index >= 15 is 0 Å². The Kier molecular flexibility index (Phi) is 5.25. The van der Waals surface area contributed by atoms with Crippen molar-refractivity contribution in [3.8, 4) is 0 Å². The first-order chi connectivity index (χ1) is 7.25. The maximum Gasteiger partial charge on any atom is 0.129 e. The summed E-state index contributed by atoms with van der Waals surface area (Å²) in [5, 5.41) is 9.59. The monoisotopic (exact) mass is 214 g/mol. The van der Waals surface area contributed by atoms with Gasteiger partial charge in [0.25, 0.3) is 0 Å². The number of benzene rings is 1. The number of aliphatic hydroxyl groups is 1. The Morgan fingerprint density at radius 1 is 1.33 bits per heavy atom. The number of methoxy groups -OCH3 is 1. The first-order valence-electron chi connectivity index (χ1n) is 4.75. The summed E-state index contributed by atoms with van der Waals surface area (Å²) in [6.07, 6.45) is -0.928. The third kappa shape index (κ3) is 3.95. The van der Waals surface area contributed by atoms with Crippen LogP contribution in [0.4, 0.5) is 4.39 Å². The molecule has 4 heteroatoms. The lowest BCUT2D eigenvalue weighted by molar-refractivity contribution is 0.0114. The molecule has 1 aromatic carbocycles. The van der Waals surface area contributed by atoms with E-state index in [1.165, 1.54) is 6.07 Å². The second-order valence-corrected chi connectivity index (χ2v) is 3.11. The number of aliphatic hydroxyl groups excluding tert-OH is 1. The van der Waals surface area contributed by atoms with Crippen LogP contribution >= 0.6 is 0 Å². The molecule has 1 aromatic rings. The summed E-state index contributed by atoms with van der Waals surface area (Å²) in [5.74, 6) is -0.416. The summed E-state index contributed by atoms with van der Waals surface area (Å²) in [4.78, 5) is 0. The molecule has 0 bridgehead atoms. The molecule has 0 aliphatic rings. The lowest BCUT2D eigenvalue weighted by Gasteiger charge is -2.11. The van der Waals surface area contributed by atoms with Gasteiger partial charge in [-0.2, -0.15) is 0 Å². The molecule has 0 aliphatic heterocycles. The van der Waals surface area contributed by atoms with Crippen molar-refractivity contribution >= 4 is 0 Å². The van der Waals surface area contributed by atoms with Crippen LogP contribution < -0.4 is 0 Å². The normalized spacial score (nSPS) is 12.7. The molecule has 0 radical (unpaired) electrons. The number of halogens is 1. The van der Waals surface area contributed by atoms with Crippen molar-refractivity contribution in [2.24, 2.45) is 0 Å². The van der Waals surface area contributed by atoms with Gasteiger partial charge in [0.1, 0.15) is 11.9 Å². The van der Waals surface area contributed by atoms with E-state index in [-0.39, 0.29) is 12.2 Å². The van der Waals surface area contributed by atoms with Crippen molar-refractivity contribution in [3.05, 3.63) is 35.6 Å². The maximum absolute atomic E-state index is 13.2. The number of rotatable bonds is 6. The second-order valence-electron chi connectivity index (χ2n) is 3.11. The molecule has 0 saturated heterocycles. The highest BCUT2D eigenvalue weighted by molar-refractivity contribution is 5.19. The van der Waals surface area contributed by atoms with Gasteiger partial charge in [-0.3, -0.25) is 0 Å². The van der Waals surface area contributed by atoms with E-state index in [9.17, 15) is 9.50 Å². The van der Waals surface area contributed by atoms with Gasteiger partial charge in [0.2, 0.25) is 0 Å². The standard InChI is InChI=1S/C11H15FO3/c1-14-6-7-15-8-11(13)9-4-2-3-5-10(9)12/h2-5,11,13H,6-8H2,1H3. The fraction of sp³-hybridized carbons (Fsp3) is 0.455. The van der Waals surface area contributed by atoms with E-state index in [1.807, 2.05) is 0 Å². The fourth-order valence-electron chi connectivity index (χ4n) is 1.17. The van der Waals surface area contributed by atoms with Crippen LogP contribution in [0.3, 0.4) is 0 Å². The second kappa shape index (κ2) is 6.50. The van der Waals surface area contributed by atoms with Crippen molar-refractivity contribution in [1.29, 1.82) is 0 Å². The Balaban J connectivity index is 2.40. The summed E-state index contributed by atoms with van der Waals surface area (Å²) < 4.78 is 23.1. The van der Waals surface area contributed by atoms with Gasteiger partial charge in [0.15, 0.2) is 0 Å². The molecule has 0 saturated carbocycles. The minimum atomic E-state index is -0.928. The van der Waals surface area contributed by atoms with E-state index in [0.29, 0.717) is 13.2 Å². The predicted molar refractivity (Wildman–Crippen MR) is 54.1 cm³/mol. The van der Waals surface area contributed by atoms with Crippen LogP contribution in [0.2, 0.25) is 0 Å². The van der Waals surface area contributed by atoms with Gasteiger partial charge in [-0.05, 0) is 6.07 Å². The fourth-order valence-corrected chi connectivity index (χ4v) is 1.17. The minimum Gasteiger partial charge on any atom is -0.386 e. The number of hydrogen-bond donors (Lipinski definition) is 1. The number of hydrogen-bond acceptors (Lipinski definition) is 3. The lowest BCUT2D eigenvalue weighted by atomic mass is 10.1. The quantitative estimate of drug-likeness (QED) is 0.730. The molecule has 1 unspecified atom stereocenters. The van der Waals surface area contributed by atoms with Crippen LogP contribution in [0.5, 0.6) is 0 Å². The Morgan fingerprint density at radius 3 is 2.73 bits per heavy atom. The van der Waals surface area contributed by atoms with Crippen LogP contribution in [-0.4, -0.2) is 32.0 Å². The van der Waals surface area contributed by atoms with E-state index in [2.05, 4.69) is 0 Å². The molecule has 0 fully saturated rings. The van der Waals surface area contributed by atoms with E-state index in [0.717, 1.165) is 0 Å². The van der Waals surface area contributed by atoms with Crippen molar-refractivity contribution in [1.82, 2.24) is 0 Å². The first-order valence-corrected chi connectivity index (χ1v) is 4.75. The zero-order valence-corrected chi connectivity index (χ0v) is 8.65. The van der Waals surface area contributed by atoms with Crippen LogP contribution in [0.1, 0.15) is 11.7 Å². The summed E-state index contributed by atoms with van der Waals surface area (Å²) in [6, 6.07) is 6.11. The maximum atomic E-state index is 13.2. The number of ether oxygens (including phenoxy) is 2. The van der Waals surface area contributed by atoms with E-state index in [1.54, 1.807) is 25.3 Å². The van der Waals surface area contributed by atoms with Crippen LogP contribution in [-0.2, 0) is 9.47 Å². The Morgan fingerprint density at radius 2 is 2.07 bits per heavy atom. The largest absolute Gasteiger partial charge is 0.386 e. The Bertz CT molecular complexity index is 291. The minimum absolute atomic E-state index is 0.0737. The van der Waals surface area contributed by atoms with Crippen molar-refractivity contribution < 1.29 is 19.0 Å². The van der Waals surface area contributed by atoms with Gasteiger partial charge in [-0.25, -0.2) is 4.39 Å². The molecule has 0 spiro atoms. The molecule has 0 heterocycles. The van der Waals surface area contributed by atoms with Gasteiger partial charge in [0.05, 0.1) is 19.8 Å². The first kappa shape index (κ1) is 12.1. The lowest BCUT2D eigenvalue weighted by Crippen LogP contribution is -2.11. The van der Waals surface area contributed by atoms with Crippen molar-refractivity contribution in [2.75, 3.05) is 26.9 Å². The molecule has 0 amide bonds. The van der Waals surface area contributed by atoms with Gasteiger partial charge >= 0.3 is 0 Å². The average molecular weight is 214 g/mol. The van der Waals surface area contributed by atoms with Crippen LogP contribution in [0.25, 0.3) is 0 Å². The van der Waals surface area contributed by atoms with Crippen LogP contribution in [0, 0.1) is 5.82 Å². The summed E-state index contributed by atoms with van der Waals surface area (Å²) >= 11 is 0. The molecule has 1 atom stereocenters. The Labute approximate surface area is 88.4 Å². The third-order valence-electron chi connectivity index (χ3n) is 1.97. The third-order valence-corrected chi connectivity index (χ3v) is 1.97. The molecule has 0 aliphatic carbocycles. The van der Waals surface area contributed by atoms with E-state index < -0.39 is 11.9 Å². The average Bonchev–Trinajstić information content (AvgIpc) is 2.25. The highest BCUT2D eigenvalue weighted by atomic mass is 19.1. The topological polar surface area (TPSA) is 38.7 Å². The molecule has 3 nitrogen and oxygen atoms in total. The van der Waals surface area contributed by atoms with Gasteiger partial charge in [-0.15, -0.1) is 0 Å². The molecule has 1 N–H and O–H groups in total. The van der Waals surface area contributed by atoms with Crippen molar-refractivity contribution in [3.63, 3.8) is 0 Å².